The zero-order valence-electron chi connectivity index (χ0n) is 6.99. The van der Waals surface area contributed by atoms with Crippen molar-refractivity contribution in [2.75, 3.05) is 0 Å². The molecule has 1 aliphatic rings. The zero-order chi connectivity index (χ0) is 9.26. The van der Waals surface area contributed by atoms with Crippen LogP contribution in [0.1, 0.15) is 27.5 Å². The summed E-state index contributed by atoms with van der Waals surface area (Å²) in [7, 11) is 0. The number of hydrogen-bond donors (Lipinski definition) is 2. The van der Waals surface area contributed by atoms with E-state index in [1.54, 1.807) is 6.20 Å². The molecule has 70 valence electrons. The van der Waals surface area contributed by atoms with Crippen molar-refractivity contribution in [1.29, 1.82) is 0 Å². The Morgan fingerprint density at radius 3 is 3.08 bits per heavy atom. The predicted octanol–water partition coefficient (Wildman–Crippen LogP) is 1.09. The van der Waals surface area contributed by atoms with Crippen molar-refractivity contribution < 1.29 is 9.90 Å². The molecule has 0 spiro atoms. The second-order valence-electron chi connectivity index (χ2n) is 3.09. The Kier molecular flexibility index (Phi) is 2.28. The summed E-state index contributed by atoms with van der Waals surface area (Å²) in [6.07, 6.45) is 4.11. The number of carboxylic acid groups (broad SMARTS) is 1. The minimum absolute atomic E-state index is 0.174. The Morgan fingerprint density at radius 1 is 1.77 bits per heavy atom. The molecule has 0 aromatic carbocycles. The molecule has 0 radical (unpaired) electrons. The molecular formula is C8H10N2O2S. The first-order valence-electron chi connectivity index (χ1n) is 4.17. The molecule has 0 bridgehead atoms. The largest absolute Gasteiger partial charge is 0.476 e. The smallest absolute Gasteiger partial charge is 0.365 e. The van der Waals surface area contributed by atoms with Gasteiger partial charge in [-0.2, -0.15) is 0 Å². The van der Waals surface area contributed by atoms with E-state index in [1.807, 2.05) is 0 Å². The number of rotatable bonds is 4. The normalized spacial score (nSPS) is 16.0. The van der Waals surface area contributed by atoms with E-state index < -0.39 is 5.97 Å². The SMILES string of the molecule is O=C(O)c1ncc(CNC2CC2)s1. The molecule has 0 unspecified atom stereocenters. The molecular weight excluding hydrogens is 188 g/mol. The third-order valence-electron chi connectivity index (χ3n) is 1.88. The van der Waals surface area contributed by atoms with E-state index in [2.05, 4.69) is 10.3 Å². The van der Waals surface area contributed by atoms with Gasteiger partial charge in [-0.25, -0.2) is 9.78 Å². The molecule has 2 rings (SSSR count). The molecule has 2 N–H and O–H groups in total. The lowest BCUT2D eigenvalue weighted by Crippen LogP contribution is -2.14. The molecule has 0 atom stereocenters. The summed E-state index contributed by atoms with van der Waals surface area (Å²) in [4.78, 5) is 15.3. The quantitative estimate of drug-likeness (QED) is 0.760. The number of thiazole rings is 1. The lowest BCUT2D eigenvalue weighted by molar-refractivity contribution is 0.0696. The van der Waals surface area contributed by atoms with Crippen molar-refractivity contribution in [3.8, 4) is 0 Å². The maximum atomic E-state index is 10.5. The lowest BCUT2D eigenvalue weighted by atomic mass is 10.5. The average molecular weight is 198 g/mol. The number of aromatic nitrogens is 1. The van der Waals surface area contributed by atoms with Gasteiger partial charge < -0.3 is 10.4 Å². The first kappa shape index (κ1) is 8.65. The third-order valence-corrected chi connectivity index (χ3v) is 2.86. The van der Waals surface area contributed by atoms with Gasteiger partial charge in [0.25, 0.3) is 0 Å². The van der Waals surface area contributed by atoms with E-state index in [1.165, 1.54) is 24.2 Å². The van der Waals surface area contributed by atoms with Gasteiger partial charge in [0.2, 0.25) is 5.01 Å². The van der Waals surface area contributed by atoms with Crippen LogP contribution in [0.15, 0.2) is 6.20 Å². The van der Waals surface area contributed by atoms with Gasteiger partial charge in [-0.15, -0.1) is 11.3 Å². The third kappa shape index (κ3) is 2.26. The Bertz CT molecular complexity index is 320. The highest BCUT2D eigenvalue weighted by atomic mass is 32.1. The summed E-state index contributed by atoms with van der Waals surface area (Å²) < 4.78 is 0. The first-order valence-corrected chi connectivity index (χ1v) is 4.99. The fourth-order valence-electron chi connectivity index (χ4n) is 1.02. The van der Waals surface area contributed by atoms with Crippen LogP contribution >= 0.6 is 11.3 Å². The summed E-state index contributed by atoms with van der Waals surface area (Å²) in [5.74, 6) is -0.942. The standard InChI is InChI=1S/C8H10N2O2S/c11-8(12)7-10-4-6(13-7)3-9-5-1-2-5/h4-5,9H,1-3H2,(H,11,12). The van der Waals surface area contributed by atoms with Crippen molar-refractivity contribution in [3.63, 3.8) is 0 Å². The molecule has 1 aromatic rings. The fraction of sp³-hybridized carbons (Fsp3) is 0.500. The summed E-state index contributed by atoms with van der Waals surface area (Å²) in [5.41, 5.74) is 0. The van der Waals surface area contributed by atoms with Crippen LogP contribution in [0.5, 0.6) is 0 Å². The highest BCUT2D eigenvalue weighted by Crippen LogP contribution is 2.20. The first-order chi connectivity index (χ1) is 6.25. The van der Waals surface area contributed by atoms with Gasteiger partial charge >= 0.3 is 5.97 Å². The maximum Gasteiger partial charge on any atom is 0.365 e. The average Bonchev–Trinajstić information content (AvgIpc) is 2.79. The van der Waals surface area contributed by atoms with Gasteiger partial charge in [0.05, 0.1) is 0 Å². The molecule has 1 saturated carbocycles. The number of carbonyl (C=O) groups is 1. The Morgan fingerprint density at radius 2 is 2.54 bits per heavy atom. The number of carboxylic acids is 1. The van der Waals surface area contributed by atoms with Crippen molar-refractivity contribution in [3.05, 3.63) is 16.1 Å². The maximum absolute atomic E-state index is 10.5. The van der Waals surface area contributed by atoms with E-state index in [9.17, 15) is 4.79 Å². The number of nitrogens with zero attached hydrogens (tertiary/aromatic N) is 1. The fourth-order valence-corrected chi connectivity index (χ4v) is 1.72. The van der Waals surface area contributed by atoms with Crippen LogP contribution in [-0.2, 0) is 6.54 Å². The van der Waals surface area contributed by atoms with Gasteiger partial charge in [0.1, 0.15) is 0 Å². The van der Waals surface area contributed by atoms with Crippen LogP contribution in [0, 0.1) is 0 Å². The number of nitrogens with one attached hydrogen (secondary N) is 1. The van der Waals surface area contributed by atoms with Gasteiger partial charge in [-0.05, 0) is 12.8 Å². The van der Waals surface area contributed by atoms with Crippen LogP contribution in [-0.4, -0.2) is 22.1 Å². The van der Waals surface area contributed by atoms with E-state index in [0.29, 0.717) is 6.04 Å². The topological polar surface area (TPSA) is 62.2 Å². The molecule has 1 aromatic heterocycles. The molecule has 0 aliphatic heterocycles. The van der Waals surface area contributed by atoms with Crippen LogP contribution in [0.25, 0.3) is 0 Å². The van der Waals surface area contributed by atoms with Gasteiger partial charge in [-0.3, -0.25) is 0 Å². The summed E-state index contributed by atoms with van der Waals surface area (Å²) in [5, 5.41) is 12.1. The molecule has 1 heterocycles. The Hall–Kier alpha value is -0.940. The van der Waals surface area contributed by atoms with Gasteiger partial charge in [0.15, 0.2) is 0 Å². The molecule has 1 aliphatic carbocycles. The second kappa shape index (κ2) is 3.43. The van der Waals surface area contributed by atoms with Crippen molar-refractivity contribution >= 4 is 17.3 Å². The Balaban J connectivity index is 1.92. The second-order valence-corrected chi connectivity index (χ2v) is 4.21. The number of hydrogen-bond acceptors (Lipinski definition) is 4. The van der Waals surface area contributed by atoms with Gasteiger partial charge in [-0.1, -0.05) is 0 Å². The van der Waals surface area contributed by atoms with Crippen LogP contribution in [0.2, 0.25) is 0 Å². The van der Waals surface area contributed by atoms with E-state index in [0.717, 1.165) is 11.4 Å². The van der Waals surface area contributed by atoms with Crippen molar-refractivity contribution in [2.24, 2.45) is 0 Å². The van der Waals surface area contributed by atoms with Crippen LogP contribution < -0.4 is 5.32 Å². The van der Waals surface area contributed by atoms with Crippen molar-refractivity contribution in [1.82, 2.24) is 10.3 Å². The van der Waals surface area contributed by atoms with E-state index in [-0.39, 0.29) is 5.01 Å². The molecule has 1 fully saturated rings. The molecule has 0 saturated heterocycles. The minimum atomic E-state index is -0.942. The van der Waals surface area contributed by atoms with E-state index >= 15 is 0 Å². The Labute approximate surface area is 79.6 Å². The molecule has 0 amide bonds. The zero-order valence-corrected chi connectivity index (χ0v) is 7.80. The molecule has 13 heavy (non-hydrogen) atoms. The van der Waals surface area contributed by atoms with E-state index in [4.69, 9.17) is 5.11 Å². The summed E-state index contributed by atoms with van der Waals surface area (Å²) in [6, 6.07) is 0.648. The monoisotopic (exact) mass is 198 g/mol. The number of aromatic carboxylic acids is 1. The highest BCUT2D eigenvalue weighted by molar-refractivity contribution is 7.13. The lowest BCUT2D eigenvalue weighted by Gasteiger charge is -1.96. The van der Waals surface area contributed by atoms with Crippen LogP contribution in [0.3, 0.4) is 0 Å². The molecule has 5 heteroatoms. The molecule has 4 nitrogen and oxygen atoms in total. The predicted molar refractivity (Wildman–Crippen MR) is 48.9 cm³/mol. The highest BCUT2D eigenvalue weighted by Gasteiger charge is 2.20. The minimum Gasteiger partial charge on any atom is -0.476 e. The van der Waals surface area contributed by atoms with Gasteiger partial charge in [0, 0.05) is 23.7 Å². The van der Waals surface area contributed by atoms with Crippen LogP contribution in [0.4, 0.5) is 0 Å². The summed E-state index contributed by atoms with van der Waals surface area (Å²) in [6.45, 7) is 0.746. The summed E-state index contributed by atoms with van der Waals surface area (Å²) >= 11 is 1.24. The van der Waals surface area contributed by atoms with Crippen molar-refractivity contribution in [2.45, 2.75) is 25.4 Å².